The molecule has 6 heteroatoms. The zero-order valence-electron chi connectivity index (χ0n) is 7.17. The summed E-state index contributed by atoms with van der Waals surface area (Å²) >= 11 is 0. The smallest absolute Gasteiger partial charge is 0.212 e. The Hall–Kier alpha value is -0.680. The van der Waals surface area contributed by atoms with Crippen LogP contribution >= 0.6 is 10.7 Å². The van der Waals surface area contributed by atoms with Crippen LogP contribution in [0.5, 0.6) is 0 Å². The van der Waals surface area contributed by atoms with E-state index in [4.69, 9.17) is 10.7 Å². The number of rotatable bonds is 2. The van der Waals surface area contributed by atoms with Crippen LogP contribution < -0.4 is 0 Å². The summed E-state index contributed by atoms with van der Waals surface area (Å²) in [6.45, 7) is 1.26. The summed E-state index contributed by atoms with van der Waals surface area (Å²) in [5.41, 5.74) is -0.00231. The number of hydrogen-bond acceptors (Lipinski definition) is 2. The van der Waals surface area contributed by atoms with E-state index in [9.17, 15) is 17.2 Å². The predicted molar refractivity (Wildman–Crippen MR) is 49.5 cm³/mol. The molecule has 14 heavy (non-hydrogen) atoms. The first-order valence-electron chi connectivity index (χ1n) is 3.70. The highest BCUT2D eigenvalue weighted by molar-refractivity contribution is 8.13. The number of benzene rings is 1. The molecule has 0 bridgehead atoms. The predicted octanol–water partition coefficient (Wildman–Crippen LogP) is 2.59. The molecule has 1 atom stereocenters. The minimum absolute atomic E-state index is 0.00231. The minimum atomic E-state index is -3.85. The van der Waals surface area contributed by atoms with Crippen LogP contribution in [0.3, 0.4) is 0 Å². The second-order valence-electron chi connectivity index (χ2n) is 2.82. The molecular formula is C8H7ClF2O2S. The molecule has 0 N–H and O–H groups in total. The Balaban J connectivity index is 3.20. The lowest BCUT2D eigenvalue weighted by atomic mass is 10.1. The third-order valence-electron chi connectivity index (χ3n) is 1.78. The molecule has 0 spiro atoms. The van der Waals surface area contributed by atoms with Crippen LogP contribution in [-0.4, -0.2) is 8.42 Å². The van der Waals surface area contributed by atoms with Crippen molar-refractivity contribution in [2.45, 2.75) is 12.2 Å². The lowest BCUT2D eigenvalue weighted by Gasteiger charge is -2.07. The Morgan fingerprint density at radius 3 is 2.00 bits per heavy atom. The van der Waals surface area contributed by atoms with Crippen LogP contribution in [0.1, 0.15) is 17.7 Å². The van der Waals surface area contributed by atoms with Crippen molar-refractivity contribution in [2.75, 3.05) is 0 Å². The number of halogens is 3. The Bertz CT molecular complexity index is 424. The molecule has 1 rings (SSSR count). The Morgan fingerprint density at radius 1 is 1.21 bits per heavy atom. The van der Waals surface area contributed by atoms with E-state index in [1.54, 1.807) is 0 Å². The molecule has 0 aliphatic carbocycles. The number of hydrogen-bond donors (Lipinski definition) is 0. The van der Waals surface area contributed by atoms with Gasteiger partial charge in [0.1, 0.15) is 11.6 Å². The third-order valence-corrected chi connectivity index (χ3v) is 3.70. The fraction of sp³-hybridized carbons (Fsp3) is 0.250. The van der Waals surface area contributed by atoms with Crippen LogP contribution in [0, 0.1) is 11.6 Å². The SMILES string of the molecule is CC(c1cc(F)cc(F)c1)S(=O)(=O)Cl. The maximum Gasteiger partial charge on any atom is 0.239 e. The van der Waals surface area contributed by atoms with Gasteiger partial charge in [-0.3, -0.25) is 0 Å². The molecule has 78 valence electrons. The van der Waals surface area contributed by atoms with E-state index in [1.807, 2.05) is 0 Å². The van der Waals surface area contributed by atoms with Gasteiger partial charge < -0.3 is 0 Å². The van der Waals surface area contributed by atoms with E-state index >= 15 is 0 Å². The van der Waals surface area contributed by atoms with Gasteiger partial charge in [-0.2, -0.15) is 0 Å². The van der Waals surface area contributed by atoms with E-state index in [0.717, 1.165) is 12.1 Å². The zero-order chi connectivity index (χ0) is 10.9. The lowest BCUT2D eigenvalue weighted by Crippen LogP contribution is -2.03. The molecule has 0 aliphatic heterocycles. The summed E-state index contributed by atoms with van der Waals surface area (Å²) in [6, 6.07) is 2.54. The summed E-state index contributed by atoms with van der Waals surface area (Å²) in [5.74, 6) is -1.65. The monoisotopic (exact) mass is 240 g/mol. The van der Waals surface area contributed by atoms with Crippen molar-refractivity contribution in [3.63, 3.8) is 0 Å². The lowest BCUT2D eigenvalue weighted by molar-refractivity contribution is 0.577. The van der Waals surface area contributed by atoms with Gasteiger partial charge in [0.15, 0.2) is 0 Å². The molecule has 2 nitrogen and oxygen atoms in total. The summed E-state index contributed by atoms with van der Waals surface area (Å²) < 4.78 is 47.1. The molecule has 0 fully saturated rings. The molecule has 0 radical (unpaired) electrons. The standard InChI is InChI=1S/C8H7ClF2O2S/c1-5(14(9,12)13)6-2-7(10)4-8(11)3-6/h2-5H,1H3. The van der Waals surface area contributed by atoms with E-state index in [0.29, 0.717) is 6.07 Å². The van der Waals surface area contributed by atoms with Gasteiger partial charge in [0.05, 0.1) is 5.25 Å². The van der Waals surface area contributed by atoms with Crippen LogP contribution in [0.2, 0.25) is 0 Å². The Labute approximate surface area is 84.9 Å². The second kappa shape index (κ2) is 3.82. The summed E-state index contributed by atoms with van der Waals surface area (Å²) in [4.78, 5) is 0. The molecule has 0 amide bonds. The summed E-state index contributed by atoms with van der Waals surface area (Å²) in [7, 11) is 1.20. The van der Waals surface area contributed by atoms with Crippen molar-refractivity contribution in [1.29, 1.82) is 0 Å². The normalized spacial score (nSPS) is 14.0. The van der Waals surface area contributed by atoms with Crippen molar-refractivity contribution in [1.82, 2.24) is 0 Å². The molecule has 0 saturated heterocycles. The highest BCUT2D eigenvalue weighted by atomic mass is 35.7. The van der Waals surface area contributed by atoms with E-state index in [2.05, 4.69) is 0 Å². The van der Waals surface area contributed by atoms with Crippen molar-refractivity contribution < 1.29 is 17.2 Å². The third kappa shape index (κ3) is 2.65. The minimum Gasteiger partial charge on any atom is -0.212 e. The second-order valence-corrected chi connectivity index (χ2v) is 5.77. The van der Waals surface area contributed by atoms with Gasteiger partial charge in [-0.1, -0.05) is 0 Å². The van der Waals surface area contributed by atoms with Gasteiger partial charge in [-0.05, 0) is 24.6 Å². The van der Waals surface area contributed by atoms with Gasteiger partial charge in [0.2, 0.25) is 9.05 Å². The van der Waals surface area contributed by atoms with Crippen molar-refractivity contribution in [3.8, 4) is 0 Å². The van der Waals surface area contributed by atoms with Gasteiger partial charge in [0.25, 0.3) is 0 Å². The van der Waals surface area contributed by atoms with Gasteiger partial charge >= 0.3 is 0 Å². The molecule has 1 aromatic rings. The van der Waals surface area contributed by atoms with Crippen molar-refractivity contribution in [2.24, 2.45) is 0 Å². The molecular weight excluding hydrogens is 234 g/mol. The molecule has 1 aromatic carbocycles. The first-order chi connectivity index (χ1) is 6.30. The van der Waals surface area contributed by atoms with Crippen LogP contribution in [-0.2, 0) is 9.05 Å². The van der Waals surface area contributed by atoms with Crippen LogP contribution in [0.25, 0.3) is 0 Å². The maximum atomic E-state index is 12.7. The van der Waals surface area contributed by atoms with Crippen LogP contribution in [0.4, 0.5) is 8.78 Å². The fourth-order valence-electron chi connectivity index (χ4n) is 0.972. The highest BCUT2D eigenvalue weighted by Crippen LogP contribution is 2.26. The molecule has 0 heterocycles. The van der Waals surface area contributed by atoms with E-state index < -0.39 is 25.9 Å². The largest absolute Gasteiger partial charge is 0.239 e. The molecule has 1 unspecified atom stereocenters. The first-order valence-corrected chi connectivity index (χ1v) is 6.07. The highest BCUT2D eigenvalue weighted by Gasteiger charge is 2.20. The summed E-state index contributed by atoms with van der Waals surface area (Å²) in [5, 5.41) is -1.13. The average Bonchev–Trinajstić information content (AvgIpc) is 1.99. The zero-order valence-corrected chi connectivity index (χ0v) is 8.74. The van der Waals surface area contributed by atoms with Crippen molar-refractivity contribution in [3.05, 3.63) is 35.4 Å². The van der Waals surface area contributed by atoms with Gasteiger partial charge in [-0.25, -0.2) is 17.2 Å². The van der Waals surface area contributed by atoms with Crippen molar-refractivity contribution >= 4 is 19.7 Å². The van der Waals surface area contributed by atoms with E-state index in [-0.39, 0.29) is 5.56 Å². The molecule has 0 aromatic heterocycles. The van der Waals surface area contributed by atoms with E-state index in [1.165, 1.54) is 6.92 Å². The first kappa shape index (κ1) is 11.4. The maximum absolute atomic E-state index is 12.7. The topological polar surface area (TPSA) is 34.1 Å². The van der Waals surface area contributed by atoms with Gasteiger partial charge in [-0.15, -0.1) is 0 Å². The Kier molecular flexibility index (Phi) is 3.11. The quantitative estimate of drug-likeness (QED) is 0.745. The van der Waals surface area contributed by atoms with Crippen LogP contribution in [0.15, 0.2) is 18.2 Å². The molecule has 0 saturated carbocycles. The average molecular weight is 241 g/mol. The molecule has 0 aliphatic rings. The fourth-order valence-corrected chi connectivity index (χ4v) is 1.74. The van der Waals surface area contributed by atoms with Gasteiger partial charge in [0, 0.05) is 16.7 Å². The Morgan fingerprint density at radius 2 is 1.64 bits per heavy atom. The summed E-state index contributed by atoms with van der Waals surface area (Å²) in [6.07, 6.45) is 0.